The molecule has 0 saturated heterocycles. The lowest BCUT2D eigenvalue weighted by Gasteiger charge is -2.03. The molecule has 0 fully saturated rings. The number of hydrogen-bond donors (Lipinski definition) is 1. The number of rotatable bonds is 3. The highest BCUT2D eigenvalue weighted by atomic mass is 32.1. The van der Waals surface area contributed by atoms with E-state index in [4.69, 9.17) is 4.42 Å². The Hall–Kier alpha value is -1.20. The summed E-state index contributed by atoms with van der Waals surface area (Å²) >= 11 is 1.10. The van der Waals surface area contributed by atoms with E-state index in [9.17, 15) is 5.11 Å². The van der Waals surface area contributed by atoms with Crippen molar-refractivity contribution in [2.45, 2.75) is 12.5 Å². The van der Waals surface area contributed by atoms with Crippen molar-refractivity contribution in [3.63, 3.8) is 0 Å². The van der Waals surface area contributed by atoms with Crippen LogP contribution in [0.5, 0.6) is 0 Å². The van der Waals surface area contributed by atoms with Gasteiger partial charge in [0.15, 0.2) is 0 Å². The summed E-state index contributed by atoms with van der Waals surface area (Å²) in [4.78, 5) is 0. The first-order chi connectivity index (χ1) is 6.36. The summed E-state index contributed by atoms with van der Waals surface area (Å²) in [5.41, 5.74) is 1.58. The van der Waals surface area contributed by atoms with Gasteiger partial charge in [0.2, 0.25) is 0 Å². The van der Waals surface area contributed by atoms with Crippen molar-refractivity contribution in [2.24, 2.45) is 0 Å². The molecule has 0 aliphatic heterocycles. The number of furan rings is 1. The van der Waals surface area contributed by atoms with Gasteiger partial charge in [0.05, 0.1) is 30.5 Å². The molecular weight excluding hydrogens is 188 g/mol. The second kappa shape index (κ2) is 3.68. The molecule has 0 radical (unpaired) electrons. The lowest BCUT2D eigenvalue weighted by atomic mass is 10.1. The van der Waals surface area contributed by atoms with Gasteiger partial charge in [-0.3, -0.25) is 0 Å². The van der Waals surface area contributed by atoms with Crippen LogP contribution in [0.15, 0.2) is 29.2 Å². The van der Waals surface area contributed by atoms with Crippen molar-refractivity contribution in [3.05, 3.63) is 36.0 Å². The molecule has 13 heavy (non-hydrogen) atoms. The average Bonchev–Trinajstić information content (AvgIpc) is 2.74. The van der Waals surface area contributed by atoms with Gasteiger partial charge in [-0.05, 0) is 11.6 Å². The molecule has 2 rings (SSSR count). The summed E-state index contributed by atoms with van der Waals surface area (Å²) in [5.74, 6) is 0. The third kappa shape index (κ3) is 1.93. The zero-order valence-corrected chi connectivity index (χ0v) is 7.57. The predicted molar refractivity (Wildman–Crippen MR) is 47.3 cm³/mol. The molecule has 1 atom stereocenters. The largest absolute Gasteiger partial charge is 0.472 e. The maximum absolute atomic E-state index is 9.64. The number of nitrogens with zero attached hydrogens (tertiary/aromatic N) is 2. The molecule has 4 nitrogen and oxygen atoms in total. The molecule has 0 bridgehead atoms. The van der Waals surface area contributed by atoms with Gasteiger partial charge >= 0.3 is 0 Å². The van der Waals surface area contributed by atoms with Gasteiger partial charge in [-0.2, -0.15) is 8.75 Å². The molecule has 1 N–H and O–H groups in total. The fourth-order valence-corrected chi connectivity index (χ4v) is 1.52. The van der Waals surface area contributed by atoms with Gasteiger partial charge in [0.25, 0.3) is 0 Å². The lowest BCUT2D eigenvalue weighted by molar-refractivity contribution is 0.174. The van der Waals surface area contributed by atoms with E-state index in [0.717, 1.165) is 17.3 Å². The molecular formula is C8H8N2O2S. The highest BCUT2D eigenvalue weighted by Crippen LogP contribution is 2.16. The maximum atomic E-state index is 9.64. The van der Waals surface area contributed by atoms with Gasteiger partial charge in [0.1, 0.15) is 11.8 Å². The van der Waals surface area contributed by atoms with Crippen LogP contribution in [0.4, 0.5) is 0 Å². The molecule has 2 aromatic heterocycles. The maximum Gasteiger partial charge on any atom is 0.103 e. The Kier molecular flexibility index (Phi) is 2.37. The van der Waals surface area contributed by atoms with Gasteiger partial charge in [-0.15, -0.1) is 0 Å². The zero-order valence-electron chi connectivity index (χ0n) is 6.75. The normalized spacial score (nSPS) is 13.0. The molecule has 2 aromatic rings. The van der Waals surface area contributed by atoms with Crippen molar-refractivity contribution >= 4 is 11.7 Å². The summed E-state index contributed by atoms with van der Waals surface area (Å²) in [6.45, 7) is 0. The van der Waals surface area contributed by atoms with Crippen molar-refractivity contribution < 1.29 is 9.52 Å². The van der Waals surface area contributed by atoms with Crippen molar-refractivity contribution in [1.29, 1.82) is 0 Å². The number of aliphatic hydroxyl groups is 1. The highest BCUT2D eigenvalue weighted by Gasteiger charge is 2.11. The Morgan fingerprint density at radius 3 is 3.15 bits per heavy atom. The summed E-state index contributed by atoms with van der Waals surface area (Å²) in [5, 5.41) is 9.64. The molecule has 68 valence electrons. The molecule has 2 heterocycles. The summed E-state index contributed by atoms with van der Waals surface area (Å²) in [6.07, 6.45) is 4.71. The minimum Gasteiger partial charge on any atom is -0.472 e. The van der Waals surface area contributed by atoms with Gasteiger partial charge in [-0.1, -0.05) is 0 Å². The minimum absolute atomic E-state index is 0.516. The first-order valence-electron chi connectivity index (χ1n) is 3.83. The van der Waals surface area contributed by atoms with Crippen LogP contribution in [0.1, 0.15) is 17.4 Å². The first-order valence-corrected chi connectivity index (χ1v) is 4.56. The van der Waals surface area contributed by atoms with Crippen LogP contribution in [0.3, 0.4) is 0 Å². The molecule has 0 aromatic carbocycles. The minimum atomic E-state index is -0.587. The molecule has 5 heteroatoms. The quantitative estimate of drug-likeness (QED) is 0.806. The molecule has 0 amide bonds. The third-order valence-electron chi connectivity index (χ3n) is 1.73. The standard InChI is InChI=1S/C8H8N2O2S/c11-8(7-4-9-13-10-7)3-6-1-2-12-5-6/h1-2,4-5,8,11H,3H2. The second-order valence-corrected chi connectivity index (χ2v) is 3.24. The van der Waals surface area contributed by atoms with Crippen LogP contribution in [-0.2, 0) is 6.42 Å². The molecule has 0 spiro atoms. The van der Waals surface area contributed by atoms with Gasteiger partial charge in [-0.25, -0.2) is 0 Å². The second-order valence-electron chi connectivity index (χ2n) is 2.68. The zero-order chi connectivity index (χ0) is 9.10. The summed E-state index contributed by atoms with van der Waals surface area (Å²) < 4.78 is 12.7. The van der Waals surface area contributed by atoms with Crippen molar-refractivity contribution in [3.8, 4) is 0 Å². The average molecular weight is 196 g/mol. The lowest BCUT2D eigenvalue weighted by Crippen LogP contribution is -2.00. The van der Waals surface area contributed by atoms with Crippen LogP contribution < -0.4 is 0 Å². The van der Waals surface area contributed by atoms with Gasteiger partial charge in [0, 0.05) is 6.42 Å². The summed E-state index contributed by atoms with van der Waals surface area (Å²) in [7, 11) is 0. The van der Waals surface area contributed by atoms with E-state index in [1.165, 1.54) is 0 Å². The Bertz CT molecular complexity index is 344. The first kappa shape index (κ1) is 8.40. The van der Waals surface area contributed by atoms with E-state index in [1.807, 2.05) is 6.07 Å². The van der Waals surface area contributed by atoms with E-state index >= 15 is 0 Å². The Balaban J connectivity index is 2.04. The monoisotopic (exact) mass is 196 g/mol. The van der Waals surface area contributed by atoms with Crippen LogP contribution >= 0.6 is 11.7 Å². The smallest absolute Gasteiger partial charge is 0.103 e. The fourth-order valence-electron chi connectivity index (χ4n) is 1.06. The number of aliphatic hydroxyl groups excluding tert-OH is 1. The van der Waals surface area contributed by atoms with E-state index in [1.54, 1.807) is 18.7 Å². The van der Waals surface area contributed by atoms with Crippen LogP contribution in [0.25, 0.3) is 0 Å². The number of hydrogen-bond acceptors (Lipinski definition) is 5. The number of aromatic nitrogens is 2. The molecule has 0 aliphatic rings. The predicted octanol–water partition coefficient (Wildman–Crippen LogP) is 1.41. The molecule has 0 aliphatic carbocycles. The van der Waals surface area contributed by atoms with Crippen molar-refractivity contribution in [2.75, 3.05) is 0 Å². The topological polar surface area (TPSA) is 59.2 Å². The fraction of sp³-hybridized carbons (Fsp3) is 0.250. The third-order valence-corrected chi connectivity index (χ3v) is 2.22. The van der Waals surface area contributed by atoms with Crippen molar-refractivity contribution in [1.82, 2.24) is 8.75 Å². The van der Waals surface area contributed by atoms with E-state index in [-0.39, 0.29) is 0 Å². The van der Waals surface area contributed by atoms with Crippen LogP contribution in [-0.4, -0.2) is 13.9 Å². The summed E-state index contributed by atoms with van der Waals surface area (Å²) in [6, 6.07) is 1.82. The highest BCUT2D eigenvalue weighted by molar-refractivity contribution is 6.99. The Morgan fingerprint density at radius 2 is 2.54 bits per heavy atom. The van der Waals surface area contributed by atoms with E-state index in [2.05, 4.69) is 8.75 Å². The van der Waals surface area contributed by atoms with Gasteiger partial charge < -0.3 is 9.52 Å². The molecule has 0 saturated carbocycles. The van der Waals surface area contributed by atoms with Crippen LogP contribution in [0, 0.1) is 0 Å². The van der Waals surface area contributed by atoms with Crippen LogP contribution in [0.2, 0.25) is 0 Å². The van der Waals surface area contributed by atoms with E-state index in [0.29, 0.717) is 12.1 Å². The SMILES string of the molecule is OC(Cc1ccoc1)c1cnsn1. The Morgan fingerprint density at radius 1 is 1.62 bits per heavy atom. The Labute approximate surface area is 79.2 Å². The van der Waals surface area contributed by atoms with E-state index < -0.39 is 6.10 Å². The molecule has 1 unspecified atom stereocenters.